The molecule has 0 radical (unpaired) electrons. The lowest BCUT2D eigenvalue weighted by Gasteiger charge is -2.08. The highest BCUT2D eigenvalue weighted by Crippen LogP contribution is 2.34. The van der Waals surface area contributed by atoms with Crippen LogP contribution in [0.5, 0.6) is 0 Å². The first kappa shape index (κ1) is 16.1. The molecule has 0 aliphatic heterocycles. The van der Waals surface area contributed by atoms with Crippen molar-refractivity contribution in [1.82, 2.24) is 0 Å². The highest BCUT2D eigenvalue weighted by molar-refractivity contribution is 6.18. The minimum atomic E-state index is 0.937. The first-order valence-electron chi connectivity index (χ1n) is 9.85. The van der Waals surface area contributed by atoms with Gasteiger partial charge in [0.15, 0.2) is 0 Å². The van der Waals surface area contributed by atoms with E-state index in [1.54, 1.807) is 6.26 Å². The van der Waals surface area contributed by atoms with Crippen LogP contribution in [0, 0.1) is 0 Å². The molecule has 0 N–H and O–H groups in total. The molecule has 6 rings (SSSR count). The number of benzene rings is 5. The van der Waals surface area contributed by atoms with E-state index in [0.29, 0.717) is 0 Å². The van der Waals surface area contributed by atoms with Gasteiger partial charge in [0.05, 0.1) is 6.26 Å². The molecule has 6 aromatic rings. The molecule has 0 saturated carbocycles. The average molecular weight is 370 g/mol. The van der Waals surface area contributed by atoms with E-state index in [9.17, 15) is 0 Å². The molecule has 1 nitrogen and oxygen atoms in total. The van der Waals surface area contributed by atoms with Crippen molar-refractivity contribution < 1.29 is 4.42 Å². The van der Waals surface area contributed by atoms with Gasteiger partial charge in [0.1, 0.15) is 5.58 Å². The average Bonchev–Trinajstić information content (AvgIpc) is 3.26. The Kier molecular flexibility index (Phi) is 3.54. The molecule has 29 heavy (non-hydrogen) atoms. The van der Waals surface area contributed by atoms with Crippen molar-refractivity contribution in [3.8, 4) is 0 Å². The maximum atomic E-state index is 5.57. The van der Waals surface area contributed by atoms with Gasteiger partial charge < -0.3 is 4.42 Å². The lowest BCUT2D eigenvalue weighted by molar-refractivity contribution is 0.616. The summed E-state index contributed by atoms with van der Waals surface area (Å²) in [5, 5.41) is 8.75. The number of hydrogen-bond donors (Lipinski definition) is 0. The van der Waals surface area contributed by atoms with Crippen LogP contribution in [0.2, 0.25) is 0 Å². The van der Waals surface area contributed by atoms with Gasteiger partial charge in [-0.2, -0.15) is 0 Å². The van der Waals surface area contributed by atoms with Crippen molar-refractivity contribution in [1.29, 1.82) is 0 Å². The topological polar surface area (TPSA) is 13.1 Å². The monoisotopic (exact) mass is 370 g/mol. The third-order valence-electron chi connectivity index (χ3n) is 5.70. The van der Waals surface area contributed by atoms with Gasteiger partial charge in [-0.25, -0.2) is 0 Å². The second-order valence-electron chi connectivity index (χ2n) is 7.48. The van der Waals surface area contributed by atoms with Crippen molar-refractivity contribution in [3.63, 3.8) is 0 Å². The molecular formula is C28H18O. The minimum Gasteiger partial charge on any atom is -0.464 e. The Bertz CT molecular complexity index is 1530. The molecule has 0 atom stereocenters. The summed E-state index contributed by atoms with van der Waals surface area (Å²) in [4.78, 5) is 0. The fraction of sp³-hybridized carbons (Fsp3) is 0. The molecule has 136 valence electrons. The standard InChI is InChI=1S/C28H18O/c1-2-4-19(5-3-1)6-7-20-8-9-21-18-27-22(17-23(21)16-20)10-11-24-25(27)12-13-28-26(24)14-15-29-28/h1-18H/b7-6+. The highest BCUT2D eigenvalue weighted by atomic mass is 16.3. The maximum Gasteiger partial charge on any atom is 0.134 e. The lowest BCUT2D eigenvalue weighted by atomic mass is 9.96. The van der Waals surface area contributed by atoms with Crippen molar-refractivity contribution >= 4 is 55.4 Å². The predicted octanol–water partition coefficient (Wildman–Crippen LogP) is 8.06. The Labute approximate surface area is 168 Å². The summed E-state index contributed by atoms with van der Waals surface area (Å²) in [5.41, 5.74) is 3.36. The summed E-state index contributed by atoms with van der Waals surface area (Å²) in [6.07, 6.45) is 6.10. The van der Waals surface area contributed by atoms with Crippen LogP contribution >= 0.6 is 0 Å². The summed E-state index contributed by atoms with van der Waals surface area (Å²) >= 11 is 0. The second kappa shape index (κ2) is 6.35. The Morgan fingerprint density at radius 2 is 1.28 bits per heavy atom. The summed E-state index contributed by atoms with van der Waals surface area (Å²) < 4.78 is 5.57. The first-order chi connectivity index (χ1) is 14.3. The molecule has 0 amide bonds. The fourth-order valence-corrected chi connectivity index (χ4v) is 4.22. The molecule has 0 aliphatic carbocycles. The van der Waals surface area contributed by atoms with E-state index in [1.165, 1.54) is 48.8 Å². The molecule has 0 fully saturated rings. The van der Waals surface area contributed by atoms with Crippen LogP contribution in [0.3, 0.4) is 0 Å². The zero-order valence-electron chi connectivity index (χ0n) is 15.8. The molecule has 1 aromatic heterocycles. The third-order valence-corrected chi connectivity index (χ3v) is 5.70. The van der Waals surface area contributed by atoms with Crippen molar-refractivity contribution in [2.75, 3.05) is 0 Å². The molecule has 0 bridgehead atoms. The van der Waals surface area contributed by atoms with E-state index in [0.717, 1.165) is 5.58 Å². The normalized spacial score (nSPS) is 12.0. The van der Waals surface area contributed by atoms with Gasteiger partial charge in [-0.1, -0.05) is 72.8 Å². The Balaban J connectivity index is 1.51. The zero-order valence-corrected chi connectivity index (χ0v) is 15.8. The van der Waals surface area contributed by atoms with Crippen LogP contribution in [0.25, 0.3) is 55.4 Å². The summed E-state index contributed by atoms with van der Waals surface area (Å²) in [6.45, 7) is 0. The van der Waals surface area contributed by atoms with E-state index >= 15 is 0 Å². The van der Waals surface area contributed by atoms with Gasteiger partial charge in [0.25, 0.3) is 0 Å². The van der Waals surface area contributed by atoms with Crippen LogP contribution in [0.1, 0.15) is 11.1 Å². The number of fused-ring (bicyclic) bond motifs is 6. The minimum absolute atomic E-state index is 0.937. The summed E-state index contributed by atoms with van der Waals surface area (Å²) in [7, 11) is 0. The molecule has 1 heteroatoms. The smallest absolute Gasteiger partial charge is 0.134 e. The van der Waals surface area contributed by atoms with Gasteiger partial charge in [0, 0.05) is 5.39 Å². The number of furan rings is 1. The van der Waals surface area contributed by atoms with Crippen molar-refractivity contribution in [2.24, 2.45) is 0 Å². The van der Waals surface area contributed by atoms with Crippen molar-refractivity contribution in [3.05, 3.63) is 108 Å². The lowest BCUT2D eigenvalue weighted by Crippen LogP contribution is -1.82. The van der Waals surface area contributed by atoms with E-state index in [2.05, 4.69) is 97.1 Å². The highest BCUT2D eigenvalue weighted by Gasteiger charge is 2.07. The molecule has 5 aromatic carbocycles. The van der Waals surface area contributed by atoms with Gasteiger partial charge in [-0.05, 0) is 73.8 Å². The first-order valence-corrected chi connectivity index (χ1v) is 9.85. The van der Waals surface area contributed by atoms with Crippen LogP contribution in [0.15, 0.2) is 102 Å². The molecule has 0 spiro atoms. The Hall–Kier alpha value is -3.84. The summed E-state index contributed by atoms with van der Waals surface area (Å²) in [6, 6.07) is 32.4. The van der Waals surface area contributed by atoms with E-state index in [4.69, 9.17) is 4.42 Å². The van der Waals surface area contributed by atoms with Crippen LogP contribution < -0.4 is 0 Å². The van der Waals surface area contributed by atoms with Gasteiger partial charge in [-0.3, -0.25) is 0 Å². The van der Waals surface area contributed by atoms with Crippen LogP contribution in [-0.4, -0.2) is 0 Å². The van der Waals surface area contributed by atoms with E-state index in [1.807, 2.05) is 6.07 Å². The van der Waals surface area contributed by atoms with Crippen molar-refractivity contribution in [2.45, 2.75) is 0 Å². The quantitative estimate of drug-likeness (QED) is 0.171. The molecule has 0 saturated heterocycles. The van der Waals surface area contributed by atoms with Crippen LogP contribution in [-0.2, 0) is 0 Å². The van der Waals surface area contributed by atoms with Gasteiger partial charge in [0.2, 0.25) is 0 Å². The van der Waals surface area contributed by atoms with E-state index in [-0.39, 0.29) is 0 Å². The third kappa shape index (κ3) is 2.71. The fourth-order valence-electron chi connectivity index (χ4n) is 4.22. The zero-order chi connectivity index (χ0) is 19.2. The van der Waals surface area contributed by atoms with E-state index < -0.39 is 0 Å². The van der Waals surface area contributed by atoms with Gasteiger partial charge >= 0.3 is 0 Å². The van der Waals surface area contributed by atoms with Crippen LogP contribution in [0.4, 0.5) is 0 Å². The Morgan fingerprint density at radius 3 is 2.21 bits per heavy atom. The number of rotatable bonds is 2. The second-order valence-corrected chi connectivity index (χ2v) is 7.48. The van der Waals surface area contributed by atoms with Gasteiger partial charge in [-0.15, -0.1) is 0 Å². The SMILES string of the molecule is C(=C\c1ccc2cc3c(ccc4c5ccoc5ccc34)cc2c1)/c1ccccc1. The predicted molar refractivity (Wildman–Crippen MR) is 124 cm³/mol. The summed E-state index contributed by atoms with van der Waals surface area (Å²) in [5.74, 6) is 0. The molecule has 0 unspecified atom stereocenters. The molecule has 1 heterocycles. The Morgan fingerprint density at radius 1 is 0.483 bits per heavy atom. The largest absolute Gasteiger partial charge is 0.464 e. The maximum absolute atomic E-state index is 5.57. The number of hydrogen-bond acceptors (Lipinski definition) is 1. The molecule has 0 aliphatic rings. The molecular weight excluding hydrogens is 352 g/mol.